The van der Waals surface area contributed by atoms with Crippen LogP contribution < -0.4 is 0 Å². The molecule has 0 amide bonds. The van der Waals surface area contributed by atoms with Gasteiger partial charge in [0.05, 0.1) is 0 Å². The van der Waals surface area contributed by atoms with E-state index in [4.69, 9.17) is 0 Å². The zero-order chi connectivity index (χ0) is 18.4. The summed E-state index contributed by atoms with van der Waals surface area (Å²) in [5.74, 6) is 0. The Morgan fingerprint density at radius 1 is 0.391 bits per heavy atom. The van der Waals surface area contributed by atoms with Crippen molar-refractivity contribution >= 4 is 67.3 Å². The van der Waals surface area contributed by atoms with Gasteiger partial charge in [0.1, 0.15) is 0 Å². The molecule has 0 aliphatic carbocycles. The molecular formula is C10H30N6S3Si4. The van der Waals surface area contributed by atoms with E-state index in [1.807, 2.05) is 6.55 Å². The van der Waals surface area contributed by atoms with Crippen molar-refractivity contribution in [2.24, 2.45) is 24.2 Å². The average Bonchev–Trinajstić information content (AvgIpc) is 2.22. The van der Waals surface area contributed by atoms with Gasteiger partial charge in [0, 0.05) is 34.1 Å². The molecule has 0 radical (unpaired) electrons. The summed E-state index contributed by atoms with van der Waals surface area (Å²) in [4.78, 5) is 0. The molecule has 0 fully saturated rings. The molecule has 0 unspecified atom stereocenters. The zero-order valence-corrected chi connectivity index (χ0v) is 22.4. The summed E-state index contributed by atoms with van der Waals surface area (Å²) in [5, 5.41) is 0. The Morgan fingerprint density at radius 3 is 0.783 bits per heavy atom. The van der Waals surface area contributed by atoms with Gasteiger partial charge in [-0.15, -0.1) is 0 Å². The summed E-state index contributed by atoms with van der Waals surface area (Å²) in [6, 6.07) is 0. The van der Waals surface area contributed by atoms with Crippen LogP contribution in [0, 0.1) is 0 Å². The second kappa shape index (κ2) is 9.14. The molecule has 0 N–H and O–H groups in total. The van der Waals surface area contributed by atoms with E-state index in [-0.39, 0.29) is 0 Å². The molecule has 13 heteroatoms. The van der Waals surface area contributed by atoms with Crippen molar-refractivity contribution < 1.29 is 0 Å². The molecule has 0 saturated carbocycles. The Bertz CT molecular complexity index is 514. The van der Waals surface area contributed by atoms with E-state index in [1.54, 1.807) is 0 Å². The third-order valence-corrected chi connectivity index (χ3v) is 14.3. The highest BCUT2D eigenvalue weighted by Gasteiger charge is 2.28. The van der Waals surface area contributed by atoms with Crippen molar-refractivity contribution in [1.29, 1.82) is 0 Å². The molecule has 0 aliphatic heterocycles. The van der Waals surface area contributed by atoms with Crippen LogP contribution in [-0.2, 0) is 34.1 Å². The van der Waals surface area contributed by atoms with Crippen molar-refractivity contribution in [3.05, 3.63) is 0 Å². The average molecular weight is 443 g/mol. The molecule has 0 spiro atoms. The molecule has 0 aromatic rings. The minimum Gasteiger partial charge on any atom is -0.257 e. The molecule has 0 atom stereocenters. The molecule has 0 aromatic carbocycles. The van der Waals surface area contributed by atoms with Crippen LogP contribution in [0.25, 0.3) is 0 Å². The molecule has 134 valence electrons. The van der Waals surface area contributed by atoms with Gasteiger partial charge < -0.3 is 0 Å². The Hall–Kier alpha value is 0.328. The fraction of sp³-hybridized carbons (Fsp3) is 1.00. The van der Waals surface area contributed by atoms with Crippen LogP contribution in [-0.4, -0.2) is 33.3 Å². The van der Waals surface area contributed by atoms with Crippen LogP contribution in [0.5, 0.6) is 0 Å². The summed E-state index contributed by atoms with van der Waals surface area (Å²) in [5.41, 5.74) is 0. The Balaban J connectivity index is 5.76. The molecule has 23 heavy (non-hydrogen) atoms. The van der Waals surface area contributed by atoms with Crippen LogP contribution in [0.4, 0.5) is 0 Å². The molecule has 0 aromatic heterocycles. The van der Waals surface area contributed by atoms with E-state index in [2.05, 4.69) is 83.1 Å². The summed E-state index contributed by atoms with van der Waals surface area (Å²) in [7, 11) is -6.98. The minimum absolute atomic E-state index is 1.28. The topological polar surface area (TPSA) is 74.2 Å². The van der Waals surface area contributed by atoms with Gasteiger partial charge in [0.25, 0.3) is 0 Å². The maximum Gasteiger partial charge on any atom is 0.467 e. The zero-order valence-electron chi connectivity index (χ0n) is 15.9. The van der Waals surface area contributed by atoms with E-state index in [0.29, 0.717) is 0 Å². The van der Waals surface area contributed by atoms with Gasteiger partial charge in [-0.3, -0.25) is 12.1 Å². The van der Waals surface area contributed by atoms with Crippen molar-refractivity contribution in [3.8, 4) is 0 Å². The lowest BCUT2D eigenvalue weighted by atomic mass is 11.8. The SMILES string of the molecule is C[Si](C)(C)N=S=N[Si](C)(N=S=N[Si](C)(C)C)N=S=N[Si](C)(C)C. The van der Waals surface area contributed by atoms with Crippen LogP contribution in [0.15, 0.2) is 24.2 Å². The number of hydrogen-bond acceptors (Lipinski definition) is 6. The molecule has 0 saturated heterocycles. The highest BCUT2D eigenvalue weighted by atomic mass is 32.1. The first-order valence-electron chi connectivity index (χ1n) is 7.44. The fourth-order valence-corrected chi connectivity index (χ4v) is 8.40. The number of rotatable bonds is 6. The van der Waals surface area contributed by atoms with Crippen LogP contribution in [0.3, 0.4) is 0 Å². The van der Waals surface area contributed by atoms with Gasteiger partial charge in [-0.1, -0.05) is 0 Å². The van der Waals surface area contributed by atoms with Crippen molar-refractivity contribution in [2.75, 3.05) is 0 Å². The third kappa shape index (κ3) is 15.6. The summed E-state index contributed by atoms with van der Waals surface area (Å²) < 4.78 is 27.7. The largest absolute Gasteiger partial charge is 0.467 e. The monoisotopic (exact) mass is 442 g/mol. The number of nitrogens with zero attached hydrogens (tertiary/aromatic N) is 6. The maximum atomic E-state index is 4.64. The lowest BCUT2D eigenvalue weighted by molar-refractivity contribution is 1.46. The second-order valence-corrected chi connectivity index (χ2v) is 28.1. The fourth-order valence-electron chi connectivity index (χ4n) is 0.711. The van der Waals surface area contributed by atoms with Gasteiger partial charge in [0.2, 0.25) is 0 Å². The molecular weight excluding hydrogens is 413 g/mol. The third-order valence-electron chi connectivity index (χ3n) is 1.59. The highest BCUT2D eigenvalue weighted by Crippen LogP contribution is 2.10. The van der Waals surface area contributed by atoms with E-state index >= 15 is 0 Å². The number of hydrogen-bond donors (Lipinski definition) is 0. The van der Waals surface area contributed by atoms with Gasteiger partial charge in [-0.25, -0.2) is 12.1 Å². The van der Waals surface area contributed by atoms with E-state index in [0.717, 1.165) is 0 Å². The summed E-state index contributed by atoms with van der Waals surface area (Å²) in [6.45, 7) is 21.7. The van der Waals surface area contributed by atoms with Crippen LogP contribution >= 0.6 is 0 Å². The Kier molecular flexibility index (Phi) is 9.27. The van der Waals surface area contributed by atoms with Gasteiger partial charge >= 0.3 is 8.56 Å². The van der Waals surface area contributed by atoms with Crippen molar-refractivity contribution in [2.45, 2.75) is 65.5 Å². The summed E-state index contributed by atoms with van der Waals surface area (Å²) in [6.07, 6.45) is 0. The first kappa shape index (κ1) is 23.3. The second-order valence-electron chi connectivity index (χ2n) is 8.28. The minimum atomic E-state index is -2.50. The van der Waals surface area contributed by atoms with Gasteiger partial charge in [-0.2, -0.15) is 0 Å². The maximum absolute atomic E-state index is 4.64. The highest BCUT2D eigenvalue weighted by molar-refractivity contribution is 7.63. The van der Waals surface area contributed by atoms with E-state index < -0.39 is 33.3 Å². The molecule has 0 heterocycles. The van der Waals surface area contributed by atoms with Crippen molar-refractivity contribution in [1.82, 2.24) is 0 Å². The first-order chi connectivity index (χ1) is 10.1. The van der Waals surface area contributed by atoms with Gasteiger partial charge in [0.15, 0.2) is 24.7 Å². The predicted molar refractivity (Wildman–Crippen MR) is 118 cm³/mol. The lowest BCUT2D eigenvalue weighted by Gasteiger charge is -2.07. The van der Waals surface area contributed by atoms with Crippen LogP contribution in [0.1, 0.15) is 0 Å². The standard InChI is InChI=1S/C10H30N6S3Si4/c1-20(2,3)11-17-14-23(10,15-18-12-21(4,5)6)16-19-13-22(7,8)9/h1-10H3. The van der Waals surface area contributed by atoms with E-state index in [1.165, 1.54) is 34.1 Å². The lowest BCUT2D eigenvalue weighted by Crippen LogP contribution is -2.22. The van der Waals surface area contributed by atoms with Crippen molar-refractivity contribution in [3.63, 3.8) is 0 Å². The first-order valence-corrected chi connectivity index (χ1v) is 22.3. The van der Waals surface area contributed by atoms with Gasteiger partial charge in [-0.05, 0) is 65.5 Å². The quantitative estimate of drug-likeness (QED) is 0.493. The molecule has 0 bridgehead atoms. The smallest absolute Gasteiger partial charge is 0.257 e. The predicted octanol–water partition coefficient (Wildman–Crippen LogP) is 5.41. The van der Waals surface area contributed by atoms with E-state index in [9.17, 15) is 0 Å². The van der Waals surface area contributed by atoms with Crippen LogP contribution in [0.2, 0.25) is 65.5 Å². The Labute approximate surface area is 156 Å². The Morgan fingerprint density at radius 2 is 0.609 bits per heavy atom. The normalized spacial score (nSPS) is 14.9. The molecule has 6 nitrogen and oxygen atoms in total. The molecule has 0 aliphatic rings. The molecule has 0 rings (SSSR count). The summed E-state index contributed by atoms with van der Waals surface area (Å²) >= 11 is 3.84.